The zero-order chi connectivity index (χ0) is 18.5. The summed E-state index contributed by atoms with van der Waals surface area (Å²) in [5.74, 6) is -0.309. The molecule has 1 amide bonds. The highest BCUT2D eigenvalue weighted by Gasteiger charge is 2.14. The Labute approximate surface area is 163 Å². The van der Waals surface area contributed by atoms with Gasteiger partial charge in [0.2, 0.25) is 5.91 Å². The summed E-state index contributed by atoms with van der Waals surface area (Å²) in [4.78, 5) is 11.8. The van der Waals surface area contributed by atoms with Gasteiger partial charge in [-0.1, -0.05) is 93.6 Å². The van der Waals surface area contributed by atoms with Gasteiger partial charge in [-0.05, 0) is 42.9 Å². The fraction of sp³-hybridized carbons (Fsp3) is 0.682. The van der Waals surface area contributed by atoms with Crippen LogP contribution in [0.5, 0.6) is 0 Å². The molecule has 0 saturated carbocycles. The number of amides is 1. The van der Waals surface area contributed by atoms with Crippen LogP contribution in [0.1, 0.15) is 106 Å². The Bertz CT molecular complexity index is 513. The Balaban J connectivity index is 2.64. The highest BCUT2D eigenvalue weighted by Crippen LogP contribution is 2.28. The number of unbranched alkanes of at least 4 members (excludes halogenated alkanes) is 9. The predicted octanol–water partition coefficient (Wildman–Crippen LogP) is 6.96. The fourth-order valence-corrected chi connectivity index (χ4v) is 4.08. The zero-order valence-electron chi connectivity index (χ0n) is 16.2. The van der Waals surface area contributed by atoms with Crippen molar-refractivity contribution in [2.75, 3.05) is 0 Å². The van der Waals surface area contributed by atoms with E-state index in [1.807, 2.05) is 6.07 Å². The molecule has 0 aliphatic rings. The number of aryl methyl sites for hydroxylation is 1. The van der Waals surface area contributed by atoms with Crippen LogP contribution in [-0.4, -0.2) is 5.91 Å². The van der Waals surface area contributed by atoms with Crippen molar-refractivity contribution >= 4 is 21.8 Å². The van der Waals surface area contributed by atoms with Crippen LogP contribution in [0.3, 0.4) is 0 Å². The van der Waals surface area contributed by atoms with E-state index in [1.54, 1.807) is 0 Å². The van der Waals surface area contributed by atoms with Crippen molar-refractivity contribution in [2.24, 2.45) is 5.73 Å². The van der Waals surface area contributed by atoms with E-state index in [2.05, 4.69) is 35.8 Å². The lowest BCUT2D eigenvalue weighted by atomic mass is 9.95. The number of carbonyl (C=O) groups excluding carboxylic acids is 1. The largest absolute Gasteiger partial charge is 0.366 e. The summed E-state index contributed by atoms with van der Waals surface area (Å²) in [5.41, 5.74) is 8.73. The summed E-state index contributed by atoms with van der Waals surface area (Å²) in [7, 11) is 0. The number of halogens is 1. The third-order valence-corrected chi connectivity index (χ3v) is 5.91. The molecular weight excluding hydrogens is 374 g/mol. The lowest BCUT2D eigenvalue weighted by Crippen LogP contribution is -2.15. The predicted molar refractivity (Wildman–Crippen MR) is 112 cm³/mol. The minimum absolute atomic E-state index is 0.309. The van der Waals surface area contributed by atoms with Gasteiger partial charge in [0.1, 0.15) is 0 Å². The molecule has 0 aromatic heterocycles. The van der Waals surface area contributed by atoms with E-state index in [-0.39, 0.29) is 5.91 Å². The Morgan fingerprint density at radius 2 is 1.36 bits per heavy atom. The highest BCUT2D eigenvalue weighted by molar-refractivity contribution is 9.10. The normalized spacial score (nSPS) is 11.0. The molecule has 2 N–H and O–H groups in total. The van der Waals surface area contributed by atoms with Crippen molar-refractivity contribution in [1.29, 1.82) is 0 Å². The van der Waals surface area contributed by atoms with Crippen LogP contribution in [0, 0.1) is 0 Å². The van der Waals surface area contributed by atoms with Crippen LogP contribution in [0.25, 0.3) is 0 Å². The first-order valence-corrected chi connectivity index (χ1v) is 11.0. The number of benzene rings is 1. The summed E-state index contributed by atoms with van der Waals surface area (Å²) >= 11 is 3.77. The van der Waals surface area contributed by atoms with Crippen molar-refractivity contribution in [3.8, 4) is 0 Å². The second-order valence-electron chi connectivity index (χ2n) is 7.11. The van der Waals surface area contributed by atoms with Gasteiger partial charge < -0.3 is 5.73 Å². The molecule has 25 heavy (non-hydrogen) atoms. The van der Waals surface area contributed by atoms with Crippen LogP contribution >= 0.6 is 15.9 Å². The quantitative estimate of drug-likeness (QED) is 0.331. The highest BCUT2D eigenvalue weighted by atomic mass is 79.9. The maximum Gasteiger partial charge on any atom is 0.249 e. The smallest absolute Gasteiger partial charge is 0.249 e. The molecule has 1 aromatic carbocycles. The first-order chi connectivity index (χ1) is 12.1. The molecule has 1 aromatic rings. The maximum atomic E-state index is 11.8. The first kappa shape index (κ1) is 22.2. The number of carbonyl (C=O) groups is 1. The maximum absolute atomic E-state index is 11.8. The second-order valence-corrected chi connectivity index (χ2v) is 7.90. The minimum Gasteiger partial charge on any atom is -0.366 e. The van der Waals surface area contributed by atoms with Crippen molar-refractivity contribution < 1.29 is 4.79 Å². The summed E-state index contributed by atoms with van der Waals surface area (Å²) in [6, 6.07) is 4.01. The third-order valence-electron chi connectivity index (χ3n) is 4.92. The summed E-state index contributed by atoms with van der Waals surface area (Å²) in [6.45, 7) is 4.48. The van der Waals surface area contributed by atoms with E-state index in [9.17, 15) is 4.79 Å². The van der Waals surface area contributed by atoms with E-state index >= 15 is 0 Å². The van der Waals surface area contributed by atoms with Gasteiger partial charge in [-0.15, -0.1) is 0 Å². The van der Waals surface area contributed by atoms with Crippen molar-refractivity contribution in [3.63, 3.8) is 0 Å². The second kappa shape index (κ2) is 13.4. The zero-order valence-corrected chi connectivity index (χ0v) is 17.8. The van der Waals surface area contributed by atoms with E-state index in [1.165, 1.54) is 69.8 Å². The molecular formula is C22H36BrNO. The van der Waals surface area contributed by atoms with Crippen LogP contribution in [0.2, 0.25) is 0 Å². The van der Waals surface area contributed by atoms with E-state index in [4.69, 9.17) is 5.73 Å². The molecule has 3 heteroatoms. The van der Waals surface area contributed by atoms with Gasteiger partial charge in [0.15, 0.2) is 0 Å². The molecule has 0 fully saturated rings. The van der Waals surface area contributed by atoms with Gasteiger partial charge >= 0.3 is 0 Å². The summed E-state index contributed by atoms with van der Waals surface area (Å²) in [5, 5.41) is 0. The number of primary amides is 1. The molecule has 0 aliphatic heterocycles. The van der Waals surface area contributed by atoms with E-state index in [0.717, 1.165) is 29.3 Å². The summed E-state index contributed by atoms with van der Waals surface area (Å²) < 4.78 is 1.12. The van der Waals surface area contributed by atoms with Gasteiger partial charge in [-0.25, -0.2) is 0 Å². The van der Waals surface area contributed by atoms with Gasteiger partial charge in [0.05, 0.1) is 0 Å². The number of hydrogen-bond acceptors (Lipinski definition) is 1. The Kier molecular flexibility index (Phi) is 11.9. The van der Waals surface area contributed by atoms with Gasteiger partial charge in [-0.3, -0.25) is 4.79 Å². The van der Waals surface area contributed by atoms with E-state index < -0.39 is 0 Å². The molecule has 0 bridgehead atoms. The van der Waals surface area contributed by atoms with Crippen molar-refractivity contribution in [2.45, 2.75) is 97.3 Å². The van der Waals surface area contributed by atoms with Crippen LogP contribution in [0.15, 0.2) is 16.6 Å². The number of hydrogen-bond donors (Lipinski definition) is 1. The van der Waals surface area contributed by atoms with Crippen LogP contribution in [-0.2, 0) is 12.8 Å². The SMILES string of the molecule is CCCCCCCCc1c(C(N)=O)ccc(CCCCCCC)c1Br. The van der Waals surface area contributed by atoms with E-state index in [0.29, 0.717) is 5.56 Å². The monoisotopic (exact) mass is 409 g/mol. The molecule has 0 spiro atoms. The third kappa shape index (κ3) is 8.40. The van der Waals surface area contributed by atoms with Crippen LogP contribution < -0.4 is 5.73 Å². The molecule has 0 heterocycles. The number of rotatable bonds is 14. The molecule has 0 radical (unpaired) electrons. The molecule has 0 aliphatic carbocycles. The number of nitrogens with two attached hydrogens (primary N) is 1. The van der Waals surface area contributed by atoms with Gasteiger partial charge in [-0.2, -0.15) is 0 Å². The Hall–Kier alpha value is -0.830. The Morgan fingerprint density at radius 3 is 1.92 bits per heavy atom. The minimum atomic E-state index is -0.309. The van der Waals surface area contributed by atoms with Crippen LogP contribution in [0.4, 0.5) is 0 Å². The van der Waals surface area contributed by atoms with Gasteiger partial charge in [0.25, 0.3) is 0 Å². The average Bonchev–Trinajstić information content (AvgIpc) is 2.59. The van der Waals surface area contributed by atoms with Crippen molar-refractivity contribution in [1.82, 2.24) is 0 Å². The average molecular weight is 410 g/mol. The molecule has 142 valence electrons. The van der Waals surface area contributed by atoms with Crippen molar-refractivity contribution in [3.05, 3.63) is 33.3 Å². The standard InChI is InChI=1S/C22H36BrNO/c1-3-5-7-9-11-13-15-19-20(22(24)25)17-16-18(21(19)23)14-12-10-8-6-4-2/h16-17H,3-15H2,1-2H3,(H2,24,25). The van der Waals surface area contributed by atoms with Gasteiger partial charge in [0, 0.05) is 10.0 Å². The molecule has 2 nitrogen and oxygen atoms in total. The lowest BCUT2D eigenvalue weighted by Gasteiger charge is -2.14. The molecule has 1 rings (SSSR count). The fourth-order valence-electron chi connectivity index (χ4n) is 3.34. The topological polar surface area (TPSA) is 43.1 Å². The molecule has 0 saturated heterocycles. The Morgan fingerprint density at radius 1 is 0.840 bits per heavy atom. The summed E-state index contributed by atoms with van der Waals surface area (Å²) in [6.07, 6.45) is 16.0. The first-order valence-electron chi connectivity index (χ1n) is 10.2. The molecule has 0 unspecified atom stereocenters. The lowest BCUT2D eigenvalue weighted by molar-refractivity contribution is 0.0999. The molecule has 0 atom stereocenters.